The minimum absolute atomic E-state index is 0.0272. The van der Waals surface area contributed by atoms with Gasteiger partial charge in [-0.05, 0) is 48.9 Å². The molecule has 0 aliphatic heterocycles. The summed E-state index contributed by atoms with van der Waals surface area (Å²) in [6.07, 6.45) is 3.82. The summed E-state index contributed by atoms with van der Waals surface area (Å²) in [6.45, 7) is 1.86. The molecule has 4 nitrogen and oxygen atoms in total. The standard InChI is InChI=1S/C23H16F2N2O2/c1-14-2-4-19(24)18(8-14)16-3-5-20(25)23(10-16)29-17-6-7-26-22(11-17)21-9-15(13-28)12-27-21/h2-13,27H,1H3. The van der Waals surface area contributed by atoms with Gasteiger partial charge < -0.3 is 9.72 Å². The molecule has 0 saturated carbocycles. The number of halogens is 2. The van der Waals surface area contributed by atoms with Crippen LogP contribution in [0.15, 0.2) is 67.0 Å². The smallest absolute Gasteiger partial charge is 0.165 e. The summed E-state index contributed by atoms with van der Waals surface area (Å²) in [4.78, 5) is 18.0. The monoisotopic (exact) mass is 390 g/mol. The lowest BCUT2D eigenvalue weighted by atomic mass is 10.0. The largest absolute Gasteiger partial charge is 0.454 e. The van der Waals surface area contributed by atoms with E-state index in [1.807, 2.05) is 6.92 Å². The van der Waals surface area contributed by atoms with E-state index in [2.05, 4.69) is 9.97 Å². The van der Waals surface area contributed by atoms with Crippen molar-refractivity contribution in [3.63, 3.8) is 0 Å². The Morgan fingerprint density at radius 2 is 1.83 bits per heavy atom. The van der Waals surface area contributed by atoms with E-state index in [1.54, 1.807) is 36.5 Å². The number of aldehydes is 1. The van der Waals surface area contributed by atoms with Crippen molar-refractivity contribution in [3.05, 3.63) is 89.8 Å². The zero-order valence-electron chi connectivity index (χ0n) is 15.4. The van der Waals surface area contributed by atoms with Crippen LogP contribution in [0, 0.1) is 18.6 Å². The summed E-state index contributed by atoms with van der Waals surface area (Å²) in [7, 11) is 0. The van der Waals surface area contributed by atoms with Crippen molar-refractivity contribution in [1.29, 1.82) is 0 Å². The molecule has 4 rings (SSSR count). The highest BCUT2D eigenvalue weighted by atomic mass is 19.1. The molecule has 0 spiro atoms. The second-order valence-corrected chi connectivity index (χ2v) is 6.57. The molecule has 2 heterocycles. The molecule has 29 heavy (non-hydrogen) atoms. The maximum atomic E-state index is 14.3. The number of pyridine rings is 1. The molecule has 0 amide bonds. The Morgan fingerprint density at radius 1 is 1.00 bits per heavy atom. The topological polar surface area (TPSA) is 55.0 Å². The fourth-order valence-corrected chi connectivity index (χ4v) is 2.99. The molecule has 0 radical (unpaired) electrons. The Morgan fingerprint density at radius 3 is 2.62 bits per heavy atom. The van der Waals surface area contributed by atoms with Crippen LogP contribution < -0.4 is 4.74 Å². The van der Waals surface area contributed by atoms with Crippen molar-refractivity contribution in [1.82, 2.24) is 9.97 Å². The Hall–Kier alpha value is -3.80. The van der Waals surface area contributed by atoms with Crippen molar-refractivity contribution < 1.29 is 18.3 Å². The van der Waals surface area contributed by atoms with Gasteiger partial charge in [-0.15, -0.1) is 0 Å². The minimum atomic E-state index is -0.566. The molecule has 0 aliphatic carbocycles. The van der Waals surface area contributed by atoms with E-state index in [9.17, 15) is 13.6 Å². The Labute approximate surface area is 165 Å². The second-order valence-electron chi connectivity index (χ2n) is 6.57. The molecular weight excluding hydrogens is 374 g/mol. The summed E-state index contributed by atoms with van der Waals surface area (Å²) in [5.41, 5.74) is 3.44. The predicted molar refractivity (Wildman–Crippen MR) is 106 cm³/mol. The van der Waals surface area contributed by atoms with Crippen LogP contribution >= 0.6 is 0 Å². The number of rotatable bonds is 5. The Balaban J connectivity index is 1.67. The van der Waals surface area contributed by atoms with Crippen LogP contribution in [-0.4, -0.2) is 16.3 Å². The van der Waals surface area contributed by atoms with Crippen molar-refractivity contribution in [2.45, 2.75) is 6.92 Å². The molecule has 0 bridgehead atoms. The minimum Gasteiger partial charge on any atom is -0.454 e. The third-order valence-corrected chi connectivity index (χ3v) is 4.44. The molecule has 144 valence electrons. The summed E-state index contributed by atoms with van der Waals surface area (Å²) >= 11 is 0. The van der Waals surface area contributed by atoms with Gasteiger partial charge in [0.25, 0.3) is 0 Å². The maximum Gasteiger partial charge on any atom is 0.165 e. The summed E-state index contributed by atoms with van der Waals surface area (Å²) in [5, 5.41) is 0. The lowest BCUT2D eigenvalue weighted by Gasteiger charge is -2.11. The molecule has 0 saturated heterocycles. The highest BCUT2D eigenvalue weighted by molar-refractivity contribution is 5.77. The van der Waals surface area contributed by atoms with Crippen LogP contribution in [0.25, 0.3) is 22.5 Å². The first-order chi connectivity index (χ1) is 14.0. The van der Waals surface area contributed by atoms with E-state index in [0.29, 0.717) is 33.8 Å². The van der Waals surface area contributed by atoms with Gasteiger partial charge in [0.2, 0.25) is 0 Å². The van der Waals surface area contributed by atoms with E-state index < -0.39 is 11.6 Å². The molecule has 0 aliphatic rings. The normalized spacial score (nSPS) is 10.7. The van der Waals surface area contributed by atoms with Crippen LogP contribution in [0.5, 0.6) is 11.5 Å². The first-order valence-corrected chi connectivity index (χ1v) is 8.87. The average Bonchev–Trinajstić information content (AvgIpc) is 3.21. The number of aryl methyl sites for hydroxylation is 1. The fraction of sp³-hybridized carbons (Fsp3) is 0.0435. The van der Waals surface area contributed by atoms with E-state index in [0.717, 1.165) is 11.8 Å². The van der Waals surface area contributed by atoms with Crippen molar-refractivity contribution >= 4 is 6.29 Å². The van der Waals surface area contributed by atoms with Crippen molar-refractivity contribution in [2.75, 3.05) is 0 Å². The number of hydrogen-bond acceptors (Lipinski definition) is 3. The lowest BCUT2D eigenvalue weighted by Crippen LogP contribution is -1.92. The quantitative estimate of drug-likeness (QED) is 0.429. The Bertz CT molecular complexity index is 1200. The first-order valence-electron chi connectivity index (χ1n) is 8.87. The zero-order valence-corrected chi connectivity index (χ0v) is 15.4. The number of carbonyl (C=O) groups excluding carboxylic acids is 1. The van der Waals surface area contributed by atoms with Gasteiger partial charge in [0.15, 0.2) is 17.9 Å². The first kappa shape index (κ1) is 18.6. The number of benzene rings is 2. The molecule has 1 N–H and O–H groups in total. The number of H-pyrrole nitrogens is 1. The highest BCUT2D eigenvalue weighted by Gasteiger charge is 2.12. The molecular formula is C23H16F2N2O2. The van der Waals surface area contributed by atoms with Crippen LogP contribution in [-0.2, 0) is 0 Å². The SMILES string of the molecule is Cc1ccc(F)c(-c2ccc(F)c(Oc3ccnc(-c4cc(C=O)c[nH]4)c3)c2)c1. The van der Waals surface area contributed by atoms with E-state index in [1.165, 1.54) is 30.5 Å². The average molecular weight is 390 g/mol. The van der Waals surface area contributed by atoms with E-state index in [4.69, 9.17) is 4.74 Å². The van der Waals surface area contributed by atoms with Gasteiger partial charge in [-0.25, -0.2) is 8.78 Å². The molecule has 2 aromatic heterocycles. The number of nitrogens with one attached hydrogen (secondary N) is 1. The number of aromatic amines is 1. The van der Waals surface area contributed by atoms with Gasteiger partial charge in [0.1, 0.15) is 11.6 Å². The van der Waals surface area contributed by atoms with Crippen molar-refractivity contribution in [2.24, 2.45) is 0 Å². The van der Waals surface area contributed by atoms with Gasteiger partial charge in [-0.3, -0.25) is 9.78 Å². The van der Waals surface area contributed by atoms with Gasteiger partial charge in [0.05, 0.1) is 11.4 Å². The summed E-state index contributed by atoms with van der Waals surface area (Å²) in [5.74, 6) is -0.626. The van der Waals surface area contributed by atoms with E-state index in [-0.39, 0.29) is 5.75 Å². The maximum absolute atomic E-state index is 14.3. The number of carbonyl (C=O) groups is 1. The highest BCUT2D eigenvalue weighted by Crippen LogP contribution is 2.32. The lowest BCUT2D eigenvalue weighted by molar-refractivity contribution is 0.112. The third kappa shape index (κ3) is 3.91. The molecule has 0 unspecified atom stereocenters. The van der Waals surface area contributed by atoms with E-state index >= 15 is 0 Å². The number of hydrogen-bond donors (Lipinski definition) is 1. The molecule has 6 heteroatoms. The van der Waals surface area contributed by atoms with Crippen molar-refractivity contribution in [3.8, 4) is 34.0 Å². The molecule has 2 aromatic carbocycles. The van der Waals surface area contributed by atoms with Crippen LogP contribution in [0.1, 0.15) is 15.9 Å². The third-order valence-electron chi connectivity index (χ3n) is 4.44. The molecule has 0 atom stereocenters. The number of aromatic nitrogens is 2. The second kappa shape index (κ2) is 7.67. The summed E-state index contributed by atoms with van der Waals surface area (Å²) < 4.78 is 34.3. The van der Waals surface area contributed by atoms with Crippen LogP contribution in [0.3, 0.4) is 0 Å². The predicted octanol–water partition coefficient (Wildman–Crippen LogP) is 5.94. The fourth-order valence-electron chi connectivity index (χ4n) is 2.99. The molecule has 0 fully saturated rings. The Kier molecular flexibility index (Phi) is 4.91. The van der Waals surface area contributed by atoms with Gasteiger partial charge in [-0.2, -0.15) is 0 Å². The van der Waals surface area contributed by atoms with Gasteiger partial charge in [-0.1, -0.05) is 17.7 Å². The number of nitrogens with zero attached hydrogens (tertiary/aromatic N) is 1. The van der Waals surface area contributed by atoms with Gasteiger partial charge >= 0.3 is 0 Å². The van der Waals surface area contributed by atoms with Gasteiger partial charge in [0, 0.05) is 29.6 Å². The molecule has 4 aromatic rings. The van der Waals surface area contributed by atoms with Crippen LogP contribution in [0.2, 0.25) is 0 Å². The number of ether oxygens (including phenoxy) is 1. The van der Waals surface area contributed by atoms with Crippen LogP contribution in [0.4, 0.5) is 8.78 Å². The zero-order chi connectivity index (χ0) is 20.4. The summed E-state index contributed by atoms with van der Waals surface area (Å²) in [6, 6.07) is 13.8.